The van der Waals surface area contributed by atoms with E-state index in [1.807, 2.05) is 0 Å². The summed E-state index contributed by atoms with van der Waals surface area (Å²) in [6, 6.07) is 4.01. The number of halogens is 6. The zero-order valence-corrected chi connectivity index (χ0v) is 15.4. The molecule has 1 aromatic rings. The molecule has 6 nitrogen and oxygen atoms in total. The zero-order valence-electron chi connectivity index (χ0n) is 15.4. The number of carbonyl (C=O) groups is 1. The molecular formula is C17H20F6N4O2. The summed E-state index contributed by atoms with van der Waals surface area (Å²) in [5, 5.41) is 10.1. The Labute approximate surface area is 162 Å². The Morgan fingerprint density at radius 3 is 2.00 bits per heavy atom. The maximum absolute atomic E-state index is 12.5. The number of benzene rings is 1. The third-order valence-corrected chi connectivity index (χ3v) is 3.65. The van der Waals surface area contributed by atoms with Gasteiger partial charge in [0.1, 0.15) is 11.6 Å². The molecule has 162 valence electrons. The van der Waals surface area contributed by atoms with Crippen molar-refractivity contribution in [3.05, 3.63) is 41.2 Å². The van der Waals surface area contributed by atoms with Crippen LogP contribution in [0.15, 0.2) is 35.7 Å². The lowest BCUT2D eigenvalue weighted by Crippen LogP contribution is -2.36. The average Bonchev–Trinajstić information content (AvgIpc) is 2.49. The molecule has 6 N–H and O–H groups in total. The minimum absolute atomic E-state index is 0.256. The van der Waals surface area contributed by atoms with Crippen molar-refractivity contribution in [2.24, 2.45) is 17.4 Å². The number of carbonyl (C=O) groups excluding carboxylic acids is 1. The number of alkyl halides is 6. The lowest BCUT2D eigenvalue weighted by atomic mass is 9.95. The van der Waals surface area contributed by atoms with Gasteiger partial charge in [0.05, 0.1) is 23.7 Å². The second kappa shape index (κ2) is 9.05. The van der Waals surface area contributed by atoms with E-state index in [2.05, 4.69) is 10.1 Å². The molecule has 0 bridgehead atoms. The first kappa shape index (κ1) is 24.1. The molecule has 0 aliphatic carbocycles. The molecule has 0 heterocycles. The van der Waals surface area contributed by atoms with Gasteiger partial charge in [-0.25, -0.2) is 0 Å². The van der Waals surface area contributed by atoms with Crippen LogP contribution in [-0.4, -0.2) is 24.2 Å². The fourth-order valence-corrected chi connectivity index (χ4v) is 2.48. The summed E-state index contributed by atoms with van der Waals surface area (Å²) in [4.78, 5) is 11.5. The van der Waals surface area contributed by atoms with Gasteiger partial charge in [0.2, 0.25) is 0 Å². The van der Waals surface area contributed by atoms with Gasteiger partial charge in [0, 0.05) is 0 Å². The SMILES string of the molecule is CC(C)C(N/C(N)=C(\C(=N)CC(F)(F)F)C(N)=O)c1ccc(OC(F)(F)F)cc1. The molecule has 1 atom stereocenters. The molecule has 0 aliphatic rings. The van der Waals surface area contributed by atoms with Crippen LogP contribution in [-0.2, 0) is 4.79 Å². The molecule has 1 aromatic carbocycles. The Balaban J connectivity index is 3.17. The smallest absolute Gasteiger partial charge is 0.406 e. The van der Waals surface area contributed by atoms with Crippen LogP contribution < -0.4 is 21.5 Å². The zero-order chi connectivity index (χ0) is 22.6. The summed E-state index contributed by atoms with van der Waals surface area (Å²) in [6.45, 7) is 3.41. The number of ether oxygens (including phenoxy) is 1. The molecule has 0 fully saturated rings. The van der Waals surface area contributed by atoms with Crippen LogP contribution in [0.3, 0.4) is 0 Å². The Bertz CT molecular complexity index is 770. The van der Waals surface area contributed by atoms with Gasteiger partial charge in [0.25, 0.3) is 5.91 Å². The Morgan fingerprint density at radius 1 is 1.10 bits per heavy atom. The molecule has 1 unspecified atom stereocenters. The fourth-order valence-electron chi connectivity index (χ4n) is 2.48. The van der Waals surface area contributed by atoms with Crippen molar-refractivity contribution in [2.45, 2.75) is 38.8 Å². The first-order chi connectivity index (χ1) is 13.1. The summed E-state index contributed by atoms with van der Waals surface area (Å²) in [5.41, 5.74) is 9.29. The molecule has 0 saturated carbocycles. The largest absolute Gasteiger partial charge is 0.573 e. The van der Waals surface area contributed by atoms with Crippen LogP contribution in [0.2, 0.25) is 0 Å². The third kappa shape index (κ3) is 7.92. The van der Waals surface area contributed by atoms with Crippen LogP contribution in [0.4, 0.5) is 26.3 Å². The number of rotatable bonds is 8. The first-order valence-corrected chi connectivity index (χ1v) is 8.17. The summed E-state index contributed by atoms with van der Waals surface area (Å²) in [7, 11) is 0. The van der Waals surface area contributed by atoms with Gasteiger partial charge in [-0.15, -0.1) is 13.2 Å². The fraction of sp³-hybridized carbons (Fsp3) is 0.412. The Hall–Kier alpha value is -2.92. The second-order valence-electron chi connectivity index (χ2n) is 6.41. The van der Waals surface area contributed by atoms with Crippen LogP contribution in [0, 0.1) is 11.3 Å². The molecule has 0 aliphatic heterocycles. The van der Waals surface area contributed by atoms with Gasteiger partial charge in [-0.2, -0.15) is 13.2 Å². The molecule has 29 heavy (non-hydrogen) atoms. The van der Waals surface area contributed by atoms with E-state index >= 15 is 0 Å². The van der Waals surface area contributed by atoms with Gasteiger partial charge in [-0.1, -0.05) is 26.0 Å². The van der Waals surface area contributed by atoms with E-state index in [0.29, 0.717) is 5.56 Å². The van der Waals surface area contributed by atoms with Crippen LogP contribution in [0.1, 0.15) is 31.9 Å². The standard InChI is InChI=1S/C17H20F6N4O2/c1-8(2)13(9-3-5-10(6-4-9)29-17(21,22)23)27-14(25)12(15(26)28)11(24)7-16(18,19)20/h3-6,8,13,24,27H,7,25H2,1-2H3,(H2,26,28)/b14-12+,24-11?. The van der Waals surface area contributed by atoms with Crippen molar-refractivity contribution >= 4 is 11.6 Å². The Kier molecular flexibility index (Phi) is 7.53. The van der Waals surface area contributed by atoms with Gasteiger partial charge in [-0.3, -0.25) is 4.79 Å². The number of nitrogens with two attached hydrogens (primary N) is 2. The van der Waals surface area contributed by atoms with Gasteiger partial charge in [-0.05, 0) is 23.6 Å². The summed E-state index contributed by atoms with van der Waals surface area (Å²) >= 11 is 0. The minimum Gasteiger partial charge on any atom is -0.406 e. The number of amides is 1. The van der Waals surface area contributed by atoms with E-state index in [1.165, 1.54) is 12.1 Å². The lowest BCUT2D eigenvalue weighted by molar-refractivity contribution is -0.274. The van der Waals surface area contributed by atoms with Crippen molar-refractivity contribution < 1.29 is 35.9 Å². The summed E-state index contributed by atoms with van der Waals surface area (Å²) in [5.74, 6) is -2.58. The maximum Gasteiger partial charge on any atom is 0.573 e. The number of primary amides is 1. The average molecular weight is 426 g/mol. The van der Waals surface area contributed by atoms with E-state index in [-0.39, 0.29) is 5.92 Å². The van der Waals surface area contributed by atoms with Crippen LogP contribution in [0.5, 0.6) is 5.75 Å². The van der Waals surface area contributed by atoms with Crippen LogP contribution >= 0.6 is 0 Å². The van der Waals surface area contributed by atoms with Crippen molar-refractivity contribution in [3.8, 4) is 5.75 Å². The van der Waals surface area contributed by atoms with Gasteiger partial charge < -0.3 is 26.9 Å². The normalized spacial score (nSPS) is 14.2. The minimum atomic E-state index is -4.86. The second-order valence-corrected chi connectivity index (χ2v) is 6.41. The van der Waals surface area contributed by atoms with E-state index < -0.39 is 53.8 Å². The molecule has 0 radical (unpaired) electrons. The quantitative estimate of drug-likeness (QED) is 0.289. The number of hydrogen-bond acceptors (Lipinski definition) is 5. The maximum atomic E-state index is 12.5. The molecule has 0 spiro atoms. The predicted octanol–water partition coefficient (Wildman–Crippen LogP) is 3.50. The van der Waals surface area contributed by atoms with Crippen LogP contribution in [0.25, 0.3) is 0 Å². The molecular weight excluding hydrogens is 406 g/mol. The molecule has 1 rings (SSSR count). The van der Waals surface area contributed by atoms with Crippen molar-refractivity contribution in [1.29, 1.82) is 5.41 Å². The monoisotopic (exact) mass is 426 g/mol. The molecule has 0 aromatic heterocycles. The molecule has 12 heteroatoms. The van der Waals surface area contributed by atoms with E-state index in [0.717, 1.165) is 12.1 Å². The number of hydrogen-bond donors (Lipinski definition) is 4. The van der Waals surface area contributed by atoms with Crippen molar-refractivity contribution in [1.82, 2.24) is 5.32 Å². The predicted molar refractivity (Wildman–Crippen MR) is 92.6 cm³/mol. The summed E-state index contributed by atoms with van der Waals surface area (Å²) < 4.78 is 78.2. The lowest BCUT2D eigenvalue weighted by Gasteiger charge is -2.25. The molecule has 1 amide bonds. The Morgan fingerprint density at radius 2 is 1.62 bits per heavy atom. The number of nitrogens with one attached hydrogen (secondary N) is 2. The highest BCUT2D eigenvalue weighted by molar-refractivity contribution is 6.20. The van der Waals surface area contributed by atoms with E-state index in [1.54, 1.807) is 13.8 Å². The topological polar surface area (TPSA) is 114 Å². The van der Waals surface area contributed by atoms with E-state index in [4.69, 9.17) is 16.9 Å². The van der Waals surface area contributed by atoms with E-state index in [9.17, 15) is 31.1 Å². The highest BCUT2D eigenvalue weighted by Crippen LogP contribution is 2.28. The van der Waals surface area contributed by atoms with Crippen molar-refractivity contribution in [2.75, 3.05) is 0 Å². The third-order valence-electron chi connectivity index (χ3n) is 3.65. The first-order valence-electron chi connectivity index (χ1n) is 8.17. The van der Waals surface area contributed by atoms with Crippen molar-refractivity contribution in [3.63, 3.8) is 0 Å². The highest BCUT2D eigenvalue weighted by atomic mass is 19.4. The van der Waals surface area contributed by atoms with Gasteiger partial charge >= 0.3 is 12.5 Å². The summed E-state index contributed by atoms with van der Waals surface area (Å²) in [6.07, 6.45) is -11.3. The highest BCUT2D eigenvalue weighted by Gasteiger charge is 2.33. The van der Waals surface area contributed by atoms with Gasteiger partial charge in [0.15, 0.2) is 0 Å². The molecule has 0 saturated heterocycles.